The van der Waals surface area contributed by atoms with Crippen molar-refractivity contribution in [1.82, 2.24) is 10.3 Å². The molecule has 1 aromatic carbocycles. The molecule has 2 aromatic rings. The Hall–Kier alpha value is -2.96. The molecule has 3 rings (SSSR count). The van der Waals surface area contributed by atoms with Gasteiger partial charge in [0, 0.05) is 43.5 Å². The normalized spacial score (nSPS) is 13.7. The van der Waals surface area contributed by atoms with Crippen LogP contribution in [0.4, 0.5) is 5.69 Å². The van der Waals surface area contributed by atoms with Crippen molar-refractivity contribution in [2.75, 3.05) is 32.2 Å². The maximum Gasteiger partial charge on any atom is 0.218 e. The molecule has 7 heteroatoms. The predicted molar refractivity (Wildman–Crippen MR) is 101 cm³/mol. The fraction of sp³-hybridized carbons (Fsp3) is 0.368. The van der Waals surface area contributed by atoms with Crippen molar-refractivity contribution in [1.29, 1.82) is 0 Å². The number of hydrogen-bond acceptors (Lipinski definition) is 5. The number of nitrogens with one attached hydrogen (secondary N) is 2. The van der Waals surface area contributed by atoms with Crippen molar-refractivity contribution in [3.63, 3.8) is 0 Å². The monoisotopic (exact) mass is 356 g/mol. The number of ether oxygens (including phenoxy) is 3. The Morgan fingerprint density at radius 2 is 2.08 bits per heavy atom. The van der Waals surface area contributed by atoms with Crippen molar-refractivity contribution in [3.8, 4) is 17.4 Å². The standard InChI is InChI=1S/C19H24N4O3/c1-3-24-18-14(6-4-9-21-18)13-22-19(20-2)23-15-7-8-16-17(12-15)26-11-5-10-25-16/h4,6-9,12H,3,5,10-11,13H2,1-2H3,(H2,20,22,23). The van der Waals surface area contributed by atoms with Gasteiger partial charge in [-0.2, -0.15) is 0 Å². The van der Waals surface area contributed by atoms with Gasteiger partial charge < -0.3 is 24.8 Å². The largest absolute Gasteiger partial charge is 0.490 e. The van der Waals surface area contributed by atoms with E-state index in [0.717, 1.165) is 29.2 Å². The van der Waals surface area contributed by atoms with E-state index in [1.165, 1.54) is 0 Å². The fourth-order valence-electron chi connectivity index (χ4n) is 2.56. The summed E-state index contributed by atoms with van der Waals surface area (Å²) in [6, 6.07) is 9.63. The SMILES string of the molecule is CCOc1ncccc1CNC(=NC)Nc1ccc2c(c1)OCCCO2. The summed E-state index contributed by atoms with van der Waals surface area (Å²) in [5.41, 5.74) is 1.84. The third kappa shape index (κ3) is 4.56. The van der Waals surface area contributed by atoms with Crippen LogP contribution in [0.1, 0.15) is 18.9 Å². The number of hydrogen-bond donors (Lipinski definition) is 2. The fourth-order valence-corrected chi connectivity index (χ4v) is 2.56. The Kier molecular flexibility index (Phi) is 6.14. The van der Waals surface area contributed by atoms with Crippen LogP contribution in [-0.2, 0) is 6.54 Å². The van der Waals surface area contributed by atoms with Crippen LogP contribution < -0.4 is 24.8 Å². The van der Waals surface area contributed by atoms with Gasteiger partial charge in [-0.05, 0) is 25.1 Å². The molecule has 0 radical (unpaired) electrons. The molecule has 0 atom stereocenters. The number of anilines is 1. The zero-order chi connectivity index (χ0) is 18.2. The summed E-state index contributed by atoms with van der Waals surface area (Å²) in [6.45, 7) is 4.40. The summed E-state index contributed by atoms with van der Waals surface area (Å²) in [6.07, 6.45) is 2.60. The van der Waals surface area contributed by atoms with Gasteiger partial charge in [0.05, 0.1) is 19.8 Å². The van der Waals surface area contributed by atoms with Gasteiger partial charge in [-0.15, -0.1) is 0 Å². The van der Waals surface area contributed by atoms with E-state index in [-0.39, 0.29) is 0 Å². The Morgan fingerprint density at radius 3 is 2.88 bits per heavy atom. The van der Waals surface area contributed by atoms with Gasteiger partial charge in [0.15, 0.2) is 17.5 Å². The minimum atomic E-state index is 0.549. The van der Waals surface area contributed by atoms with Gasteiger partial charge in [0.25, 0.3) is 0 Å². The van der Waals surface area contributed by atoms with Crippen LogP contribution in [0.2, 0.25) is 0 Å². The molecule has 26 heavy (non-hydrogen) atoms. The number of aliphatic imine (C=N–C) groups is 1. The van der Waals surface area contributed by atoms with E-state index in [9.17, 15) is 0 Å². The van der Waals surface area contributed by atoms with Crippen LogP contribution in [0.25, 0.3) is 0 Å². The van der Waals surface area contributed by atoms with Crippen LogP contribution in [0.15, 0.2) is 41.5 Å². The topological polar surface area (TPSA) is 77.0 Å². The lowest BCUT2D eigenvalue weighted by Gasteiger charge is -2.15. The average Bonchev–Trinajstić information content (AvgIpc) is 2.91. The molecular weight excluding hydrogens is 332 g/mol. The van der Waals surface area contributed by atoms with Gasteiger partial charge in [-0.1, -0.05) is 6.07 Å². The number of guanidine groups is 1. The summed E-state index contributed by atoms with van der Waals surface area (Å²) in [5, 5.41) is 6.54. The summed E-state index contributed by atoms with van der Waals surface area (Å²) < 4.78 is 16.9. The second-order valence-electron chi connectivity index (χ2n) is 5.66. The molecule has 1 aliphatic rings. The Morgan fingerprint density at radius 1 is 1.23 bits per heavy atom. The number of benzene rings is 1. The quantitative estimate of drug-likeness (QED) is 0.634. The maximum atomic E-state index is 5.73. The molecule has 0 saturated carbocycles. The second kappa shape index (κ2) is 8.94. The molecule has 0 unspecified atom stereocenters. The first-order valence-electron chi connectivity index (χ1n) is 8.74. The van der Waals surface area contributed by atoms with Crippen molar-refractivity contribution >= 4 is 11.6 Å². The minimum Gasteiger partial charge on any atom is -0.490 e. The number of fused-ring (bicyclic) bond motifs is 1. The van der Waals surface area contributed by atoms with Gasteiger partial charge >= 0.3 is 0 Å². The van der Waals surface area contributed by atoms with E-state index in [2.05, 4.69) is 20.6 Å². The molecule has 7 nitrogen and oxygen atoms in total. The molecule has 0 saturated heterocycles. The highest BCUT2D eigenvalue weighted by molar-refractivity contribution is 5.93. The summed E-state index contributed by atoms with van der Waals surface area (Å²) in [4.78, 5) is 8.53. The van der Waals surface area contributed by atoms with Crippen LogP contribution in [0.3, 0.4) is 0 Å². The molecule has 0 bridgehead atoms. The third-order valence-corrected chi connectivity index (χ3v) is 3.81. The Bertz CT molecular complexity index is 764. The zero-order valence-corrected chi connectivity index (χ0v) is 15.1. The number of rotatable bonds is 5. The lowest BCUT2D eigenvalue weighted by Crippen LogP contribution is -2.30. The minimum absolute atomic E-state index is 0.549. The van der Waals surface area contributed by atoms with Crippen LogP contribution in [0.5, 0.6) is 17.4 Å². The zero-order valence-electron chi connectivity index (χ0n) is 15.1. The van der Waals surface area contributed by atoms with Crippen molar-refractivity contribution < 1.29 is 14.2 Å². The van der Waals surface area contributed by atoms with E-state index in [0.29, 0.717) is 38.2 Å². The second-order valence-corrected chi connectivity index (χ2v) is 5.66. The number of aromatic nitrogens is 1. The molecule has 1 aliphatic heterocycles. The Balaban J connectivity index is 1.64. The maximum absolute atomic E-state index is 5.73. The summed E-state index contributed by atoms with van der Waals surface area (Å²) >= 11 is 0. The highest BCUT2D eigenvalue weighted by Crippen LogP contribution is 2.32. The first-order chi connectivity index (χ1) is 12.8. The van der Waals surface area contributed by atoms with E-state index in [1.807, 2.05) is 37.3 Å². The average molecular weight is 356 g/mol. The molecule has 0 aliphatic carbocycles. The van der Waals surface area contributed by atoms with Gasteiger partial charge in [-0.3, -0.25) is 4.99 Å². The molecule has 1 aromatic heterocycles. The van der Waals surface area contributed by atoms with E-state index in [4.69, 9.17) is 14.2 Å². The van der Waals surface area contributed by atoms with Crippen molar-refractivity contribution in [2.24, 2.45) is 4.99 Å². The van der Waals surface area contributed by atoms with E-state index in [1.54, 1.807) is 13.2 Å². The number of nitrogens with zero attached hydrogens (tertiary/aromatic N) is 2. The third-order valence-electron chi connectivity index (χ3n) is 3.81. The molecule has 2 N–H and O–H groups in total. The molecule has 138 valence electrons. The van der Waals surface area contributed by atoms with Crippen LogP contribution >= 0.6 is 0 Å². The molecule has 2 heterocycles. The smallest absolute Gasteiger partial charge is 0.218 e. The van der Waals surface area contributed by atoms with Gasteiger partial charge in [0.1, 0.15) is 0 Å². The molecular formula is C19H24N4O3. The van der Waals surface area contributed by atoms with Gasteiger partial charge in [-0.25, -0.2) is 4.98 Å². The molecule has 0 spiro atoms. The van der Waals surface area contributed by atoms with Crippen LogP contribution in [0, 0.1) is 0 Å². The molecule has 0 amide bonds. The lowest BCUT2D eigenvalue weighted by atomic mass is 10.2. The highest BCUT2D eigenvalue weighted by Gasteiger charge is 2.11. The predicted octanol–water partition coefficient (Wildman–Crippen LogP) is 2.83. The Labute approximate surface area is 153 Å². The van der Waals surface area contributed by atoms with Crippen molar-refractivity contribution in [3.05, 3.63) is 42.1 Å². The summed E-state index contributed by atoms with van der Waals surface area (Å²) in [5.74, 6) is 2.79. The highest BCUT2D eigenvalue weighted by atomic mass is 16.5. The van der Waals surface area contributed by atoms with Gasteiger partial charge in [0.2, 0.25) is 5.88 Å². The number of pyridine rings is 1. The first kappa shape index (κ1) is 17.8. The lowest BCUT2D eigenvalue weighted by molar-refractivity contribution is 0.297. The van der Waals surface area contributed by atoms with E-state index < -0.39 is 0 Å². The van der Waals surface area contributed by atoms with Crippen molar-refractivity contribution in [2.45, 2.75) is 19.9 Å². The first-order valence-corrected chi connectivity index (χ1v) is 8.74. The van der Waals surface area contributed by atoms with E-state index >= 15 is 0 Å². The molecule has 0 fully saturated rings. The summed E-state index contributed by atoms with van der Waals surface area (Å²) in [7, 11) is 1.73. The van der Waals surface area contributed by atoms with Crippen LogP contribution in [-0.4, -0.2) is 37.8 Å².